The maximum absolute atomic E-state index is 13.1. The summed E-state index contributed by atoms with van der Waals surface area (Å²) in [5.74, 6) is -1.29. The highest BCUT2D eigenvalue weighted by atomic mass is 35.5. The van der Waals surface area contributed by atoms with E-state index in [1.165, 1.54) is 0 Å². The van der Waals surface area contributed by atoms with Crippen LogP contribution in [-0.4, -0.2) is 41.3 Å². The van der Waals surface area contributed by atoms with Gasteiger partial charge in [-0.05, 0) is 49.3 Å². The molecule has 8 nitrogen and oxygen atoms in total. The first-order valence-electron chi connectivity index (χ1n) is 11.1. The Labute approximate surface area is 198 Å². The molecule has 9 heteroatoms. The molecule has 4 N–H and O–H groups in total. The Bertz CT molecular complexity index is 1080. The SMILES string of the molecule is CC(C)(C)CC(NC(=O)c1cc2c(Cl)cccc2[nH]1)C(=O)NC(C#N)CC1CCCNC1=O. The topological polar surface area (TPSA) is 127 Å². The largest absolute Gasteiger partial charge is 0.356 e. The van der Waals surface area contributed by atoms with Crippen LogP contribution in [0.2, 0.25) is 5.02 Å². The van der Waals surface area contributed by atoms with Crippen molar-refractivity contribution in [1.29, 1.82) is 5.26 Å². The van der Waals surface area contributed by atoms with Crippen LogP contribution in [0.4, 0.5) is 0 Å². The van der Waals surface area contributed by atoms with E-state index in [9.17, 15) is 19.6 Å². The number of benzene rings is 1. The number of aromatic amines is 1. The van der Waals surface area contributed by atoms with Crippen molar-refractivity contribution >= 4 is 40.2 Å². The number of nitriles is 1. The first kappa shape index (κ1) is 24.6. The second-order valence-corrected chi connectivity index (χ2v) is 10.1. The molecule has 1 fully saturated rings. The van der Waals surface area contributed by atoms with Crippen LogP contribution in [0.3, 0.4) is 0 Å². The molecule has 33 heavy (non-hydrogen) atoms. The van der Waals surface area contributed by atoms with Gasteiger partial charge in [0.25, 0.3) is 5.91 Å². The fourth-order valence-corrected chi connectivity index (χ4v) is 4.29. The van der Waals surface area contributed by atoms with Crippen molar-refractivity contribution in [1.82, 2.24) is 20.9 Å². The van der Waals surface area contributed by atoms with Crippen LogP contribution in [0.25, 0.3) is 10.9 Å². The number of nitrogens with zero attached hydrogens (tertiary/aromatic N) is 1. The highest BCUT2D eigenvalue weighted by Gasteiger charge is 2.31. The minimum absolute atomic E-state index is 0.0900. The maximum Gasteiger partial charge on any atom is 0.268 e. The molecule has 1 aliphatic heterocycles. The molecule has 0 aliphatic carbocycles. The molecular formula is C24H30ClN5O3. The monoisotopic (exact) mass is 471 g/mol. The van der Waals surface area contributed by atoms with Crippen molar-refractivity contribution in [2.45, 2.75) is 58.5 Å². The lowest BCUT2D eigenvalue weighted by molar-refractivity contribution is -0.128. The highest BCUT2D eigenvalue weighted by Crippen LogP contribution is 2.25. The molecule has 2 heterocycles. The summed E-state index contributed by atoms with van der Waals surface area (Å²) in [7, 11) is 0. The Morgan fingerprint density at radius 2 is 2.06 bits per heavy atom. The van der Waals surface area contributed by atoms with Gasteiger partial charge < -0.3 is 20.9 Å². The third-order valence-electron chi connectivity index (χ3n) is 5.69. The molecule has 1 saturated heterocycles. The van der Waals surface area contributed by atoms with Gasteiger partial charge in [-0.3, -0.25) is 14.4 Å². The number of H-pyrrole nitrogens is 1. The molecule has 3 amide bonds. The average Bonchev–Trinajstić information content (AvgIpc) is 3.19. The number of rotatable bonds is 7. The Kier molecular flexibility index (Phi) is 7.65. The van der Waals surface area contributed by atoms with Gasteiger partial charge in [-0.15, -0.1) is 0 Å². The second kappa shape index (κ2) is 10.3. The van der Waals surface area contributed by atoms with Gasteiger partial charge in [-0.25, -0.2) is 0 Å². The molecule has 1 aromatic carbocycles. The quantitative estimate of drug-likeness (QED) is 0.494. The summed E-state index contributed by atoms with van der Waals surface area (Å²) in [4.78, 5) is 41.1. The highest BCUT2D eigenvalue weighted by molar-refractivity contribution is 6.35. The van der Waals surface area contributed by atoms with Gasteiger partial charge in [0.2, 0.25) is 11.8 Å². The molecule has 1 aromatic heterocycles. The number of nitrogens with one attached hydrogen (secondary N) is 4. The first-order valence-corrected chi connectivity index (χ1v) is 11.5. The maximum atomic E-state index is 13.1. The molecule has 0 saturated carbocycles. The van der Waals surface area contributed by atoms with Crippen molar-refractivity contribution in [3.05, 3.63) is 35.0 Å². The van der Waals surface area contributed by atoms with Gasteiger partial charge in [-0.1, -0.05) is 38.4 Å². The Hall–Kier alpha value is -3.05. The minimum Gasteiger partial charge on any atom is -0.356 e. The summed E-state index contributed by atoms with van der Waals surface area (Å²) in [6, 6.07) is 7.40. The van der Waals surface area contributed by atoms with E-state index in [0.717, 1.165) is 17.3 Å². The molecule has 3 atom stereocenters. The number of aromatic nitrogens is 1. The number of halogens is 1. The van der Waals surface area contributed by atoms with E-state index in [2.05, 4.69) is 27.0 Å². The van der Waals surface area contributed by atoms with E-state index in [-0.39, 0.29) is 23.7 Å². The van der Waals surface area contributed by atoms with Crippen molar-refractivity contribution in [2.24, 2.45) is 11.3 Å². The first-order chi connectivity index (χ1) is 15.6. The van der Waals surface area contributed by atoms with Crippen LogP contribution in [0.1, 0.15) is 56.9 Å². The number of fused-ring (bicyclic) bond motifs is 1. The predicted octanol–water partition coefficient (Wildman–Crippen LogP) is 3.28. The summed E-state index contributed by atoms with van der Waals surface area (Å²) in [6.07, 6.45) is 2.14. The predicted molar refractivity (Wildman–Crippen MR) is 127 cm³/mol. The number of carbonyl (C=O) groups excluding carboxylic acids is 3. The van der Waals surface area contributed by atoms with Crippen molar-refractivity contribution in [3.8, 4) is 6.07 Å². The standard InChI is InChI=1S/C24H30ClN5O3/c1-24(2,3)12-20(23(33)28-15(13-26)10-14-6-5-9-27-21(14)31)30-22(32)19-11-16-17(25)7-4-8-18(16)29-19/h4,7-8,11,14-15,20,29H,5-6,9-10,12H2,1-3H3,(H,27,31)(H,28,33)(H,30,32). The van der Waals surface area contributed by atoms with E-state index in [1.54, 1.807) is 18.2 Å². The van der Waals surface area contributed by atoms with Crippen LogP contribution < -0.4 is 16.0 Å². The van der Waals surface area contributed by atoms with Gasteiger partial charge in [-0.2, -0.15) is 5.26 Å². The van der Waals surface area contributed by atoms with Crippen molar-refractivity contribution in [2.75, 3.05) is 6.54 Å². The number of carbonyl (C=O) groups is 3. The molecule has 1 aliphatic rings. The van der Waals surface area contributed by atoms with Crippen LogP contribution in [-0.2, 0) is 9.59 Å². The summed E-state index contributed by atoms with van der Waals surface area (Å²) in [6.45, 7) is 6.54. The van der Waals surface area contributed by atoms with Gasteiger partial charge in [0.15, 0.2) is 0 Å². The van der Waals surface area contributed by atoms with Crippen LogP contribution in [0.15, 0.2) is 24.3 Å². The zero-order chi connectivity index (χ0) is 24.2. The lowest BCUT2D eigenvalue weighted by Crippen LogP contribution is -2.51. The number of hydrogen-bond donors (Lipinski definition) is 4. The molecule has 3 rings (SSSR count). The summed E-state index contributed by atoms with van der Waals surface area (Å²) in [5.41, 5.74) is 0.755. The number of hydrogen-bond acceptors (Lipinski definition) is 4. The zero-order valence-corrected chi connectivity index (χ0v) is 19.9. The van der Waals surface area contributed by atoms with Gasteiger partial charge in [0, 0.05) is 28.4 Å². The third-order valence-corrected chi connectivity index (χ3v) is 6.02. The van der Waals surface area contributed by atoms with Crippen molar-refractivity contribution < 1.29 is 14.4 Å². The Morgan fingerprint density at radius 3 is 2.70 bits per heavy atom. The molecule has 2 aromatic rings. The minimum atomic E-state index is -0.851. The van der Waals surface area contributed by atoms with E-state index >= 15 is 0 Å². The second-order valence-electron chi connectivity index (χ2n) is 9.73. The summed E-state index contributed by atoms with van der Waals surface area (Å²) < 4.78 is 0. The molecule has 176 valence electrons. The average molecular weight is 472 g/mol. The van der Waals surface area contributed by atoms with Gasteiger partial charge in [0.05, 0.1) is 6.07 Å². The molecule has 3 unspecified atom stereocenters. The van der Waals surface area contributed by atoms with Crippen LogP contribution in [0, 0.1) is 22.7 Å². The summed E-state index contributed by atoms with van der Waals surface area (Å²) >= 11 is 6.21. The fraction of sp³-hybridized carbons (Fsp3) is 0.500. The lowest BCUT2D eigenvalue weighted by atomic mass is 9.87. The molecule has 0 radical (unpaired) electrons. The Balaban J connectivity index is 1.72. The van der Waals surface area contributed by atoms with Gasteiger partial charge >= 0.3 is 0 Å². The van der Waals surface area contributed by atoms with E-state index < -0.39 is 23.9 Å². The number of amides is 3. The van der Waals surface area contributed by atoms with Crippen LogP contribution in [0.5, 0.6) is 0 Å². The summed E-state index contributed by atoms with van der Waals surface area (Å²) in [5, 5.41) is 19.1. The third kappa shape index (κ3) is 6.48. The molecule has 0 spiro atoms. The van der Waals surface area contributed by atoms with E-state index in [4.69, 9.17) is 11.6 Å². The molecular weight excluding hydrogens is 442 g/mol. The fourth-order valence-electron chi connectivity index (χ4n) is 4.06. The number of piperidine rings is 1. The normalized spacial score (nSPS) is 18.2. The van der Waals surface area contributed by atoms with E-state index in [1.807, 2.05) is 26.8 Å². The van der Waals surface area contributed by atoms with Crippen LogP contribution >= 0.6 is 11.6 Å². The Morgan fingerprint density at radius 1 is 1.30 bits per heavy atom. The lowest BCUT2D eigenvalue weighted by Gasteiger charge is -2.28. The van der Waals surface area contributed by atoms with Gasteiger partial charge in [0.1, 0.15) is 17.8 Å². The zero-order valence-electron chi connectivity index (χ0n) is 19.1. The molecule has 0 bridgehead atoms. The van der Waals surface area contributed by atoms with E-state index in [0.29, 0.717) is 30.1 Å². The van der Waals surface area contributed by atoms with Crippen molar-refractivity contribution in [3.63, 3.8) is 0 Å². The smallest absolute Gasteiger partial charge is 0.268 e.